The van der Waals surface area contributed by atoms with Gasteiger partial charge in [-0.3, -0.25) is 0 Å². The van der Waals surface area contributed by atoms with E-state index >= 15 is 0 Å². The number of benzene rings is 1. The zero-order valence-electron chi connectivity index (χ0n) is 15.6. The Morgan fingerprint density at radius 2 is 2.00 bits per heavy atom. The minimum atomic E-state index is 0.682. The van der Waals surface area contributed by atoms with Gasteiger partial charge in [0.15, 0.2) is 0 Å². The molecule has 3 aromatic rings. The zero-order chi connectivity index (χ0) is 18.1. The van der Waals surface area contributed by atoms with Crippen LogP contribution in [0.4, 0.5) is 5.82 Å². The standard InChI is InChI=1S/C20H25N5O/c1-14-15(2)23-20-21-13-22-25(20)19(14)24-9-7-16(8-10-24)11-17-5-4-6-18(12-17)26-3/h4-6,12-13,16H,7-11H2,1-3H3. The first-order valence-corrected chi connectivity index (χ1v) is 9.20. The molecule has 0 bridgehead atoms. The molecule has 4 rings (SSSR count). The molecule has 0 saturated carbocycles. The van der Waals surface area contributed by atoms with Crippen LogP contribution in [0, 0.1) is 19.8 Å². The molecular weight excluding hydrogens is 326 g/mol. The molecule has 136 valence electrons. The maximum Gasteiger partial charge on any atom is 0.254 e. The van der Waals surface area contributed by atoms with Crippen molar-refractivity contribution in [2.24, 2.45) is 5.92 Å². The van der Waals surface area contributed by atoms with Crippen LogP contribution >= 0.6 is 0 Å². The molecule has 1 saturated heterocycles. The number of piperidine rings is 1. The van der Waals surface area contributed by atoms with Crippen LogP contribution in [-0.2, 0) is 6.42 Å². The summed E-state index contributed by atoms with van der Waals surface area (Å²) in [6, 6.07) is 8.43. The highest BCUT2D eigenvalue weighted by molar-refractivity contribution is 5.54. The lowest BCUT2D eigenvalue weighted by Crippen LogP contribution is -2.36. The normalized spacial score (nSPS) is 15.6. The summed E-state index contributed by atoms with van der Waals surface area (Å²) in [5.74, 6) is 3.47. The molecule has 2 aromatic heterocycles. The van der Waals surface area contributed by atoms with Gasteiger partial charge in [-0.2, -0.15) is 14.6 Å². The summed E-state index contributed by atoms with van der Waals surface area (Å²) in [6.07, 6.45) is 5.04. The number of methoxy groups -OCH3 is 1. The summed E-state index contributed by atoms with van der Waals surface area (Å²) < 4.78 is 7.23. The first kappa shape index (κ1) is 16.8. The van der Waals surface area contributed by atoms with Gasteiger partial charge in [-0.05, 0) is 56.7 Å². The summed E-state index contributed by atoms with van der Waals surface area (Å²) in [7, 11) is 1.72. The number of fused-ring (bicyclic) bond motifs is 1. The third-order valence-corrected chi connectivity index (χ3v) is 5.45. The molecule has 1 aliphatic heterocycles. The lowest BCUT2D eigenvalue weighted by atomic mass is 9.90. The van der Waals surface area contributed by atoms with Gasteiger partial charge in [0.25, 0.3) is 5.78 Å². The predicted molar refractivity (Wildman–Crippen MR) is 102 cm³/mol. The highest BCUT2D eigenvalue weighted by atomic mass is 16.5. The van der Waals surface area contributed by atoms with Crippen LogP contribution in [0.1, 0.15) is 29.7 Å². The lowest BCUT2D eigenvalue weighted by Gasteiger charge is -2.34. The third kappa shape index (κ3) is 3.11. The van der Waals surface area contributed by atoms with Crippen molar-refractivity contribution in [2.45, 2.75) is 33.1 Å². The molecule has 6 heteroatoms. The van der Waals surface area contributed by atoms with E-state index in [9.17, 15) is 0 Å². The van der Waals surface area contributed by atoms with Crippen LogP contribution in [-0.4, -0.2) is 39.8 Å². The molecule has 0 unspecified atom stereocenters. The summed E-state index contributed by atoms with van der Waals surface area (Å²) in [4.78, 5) is 11.2. The summed E-state index contributed by atoms with van der Waals surface area (Å²) in [5.41, 5.74) is 3.57. The minimum absolute atomic E-state index is 0.682. The summed E-state index contributed by atoms with van der Waals surface area (Å²) >= 11 is 0. The Labute approximate surface area is 153 Å². The van der Waals surface area contributed by atoms with Crippen molar-refractivity contribution in [3.63, 3.8) is 0 Å². The highest BCUT2D eigenvalue weighted by Gasteiger charge is 2.24. The zero-order valence-corrected chi connectivity index (χ0v) is 15.6. The number of nitrogens with zero attached hydrogens (tertiary/aromatic N) is 5. The number of hydrogen-bond acceptors (Lipinski definition) is 5. The van der Waals surface area contributed by atoms with E-state index in [-0.39, 0.29) is 0 Å². The molecular formula is C20H25N5O. The Kier molecular flexibility index (Phi) is 4.49. The molecule has 0 N–H and O–H groups in total. The number of ether oxygens (including phenoxy) is 1. The maximum absolute atomic E-state index is 5.35. The van der Waals surface area contributed by atoms with E-state index in [2.05, 4.69) is 45.1 Å². The Morgan fingerprint density at radius 1 is 1.19 bits per heavy atom. The topological polar surface area (TPSA) is 55.5 Å². The van der Waals surface area contributed by atoms with Gasteiger partial charge in [-0.15, -0.1) is 0 Å². The first-order chi connectivity index (χ1) is 12.7. The van der Waals surface area contributed by atoms with Crippen LogP contribution < -0.4 is 9.64 Å². The van der Waals surface area contributed by atoms with E-state index in [4.69, 9.17) is 4.74 Å². The van der Waals surface area contributed by atoms with Gasteiger partial charge < -0.3 is 9.64 Å². The number of aryl methyl sites for hydroxylation is 1. The number of hydrogen-bond donors (Lipinski definition) is 0. The van der Waals surface area contributed by atoms with Gasteiger partial charge in [-0.1, -0.05) is 12.1 Å². The van der Waals surface area contributed by atoms with E-state index in [1.54, 1.807) is 13.4 Å². The Bertz CT molecular complexity index is 912. The maximum atomic E-state index is 5.35. The third-order valence-electron chi connectivity index (χ3n) is 5.45. The minimum Gasteiger partial charge on any atom is -0.497 e. The van der Waals surface area contributed by atoms with E-state index in [1.807, 2.05) is 17.5 Å². The van der Waals surface area contributed by atoms with Gasteiger partial charge in [0.1, 0.15) is 17.9 Å². The molecule has 1 aliphatic rings. The Morgan fingerprint density at radius 3 is 2.77 bits per heavy atom. The van der Waals surface area contributed by atoms with Crippen LogP contribution in [0.2, 0.25) is 0 Å². The number of anilines is 1. The molecule has 0 spiro atoms. The van der Waals surface area contributed by atoms with E-state index in [0.717, 1.165) is 36.8 Å². The van der Waals surface area contributed by atoms with Crippen LogP contribution in [0.15, 0.2) is 30.6 Å². The highest BCUT2D eigenvalue weighted by Crippen LogP contribution is 2.29. The van der Waals surface area contributed by atoms with Crippen LogP contribution in [0.3, 0.4) is 0 Å². The molecule has 6 nitrogen and oxygen atoms in total. The SMILES string of the molecule is COc1cccc(CC2CCN(c3c(C)c(C)nc4ncnn34)CC2)c1. The van der Waals surface area contributed by atoms with Crippen molar-refractivity contribution in [1.82, 2.24) is 19.6 Å². The summed E-state index contributed by atoms with van der Waals surface area (Å²) in [6.45, 7) is 6.24. The second-order valence-corrected chi connectivity index (χ2v) is 7.10. The van der Waals surface area contributed by atoms with E-state index in [1.165, 1.54) is 24.0 Å². The quantitative estimate of drug-likeness (QED) is 0.722. The van der Waals surface area contributed by atoms with Gasteiger partial charge in [0, 0.05) is 24.3 Å². The fraction of sp³-hybridized carbons (Fsp3) is 0.450. The fourth-order valence-corrected chi connectivity index (χ4v) is 3.87. The molecule has 3 heterocycles. The van der Waals surface area contributed by atoms with E-state index < -0.39 is 0 Å². The van der Waals surface area contributed by atoms with Gasteiger partial charge in [0.2, 0.25) is 0 Å². The monoisotopic (exact) mass is 351 g/mol. The number of rotatable bonds is 4. The lowest BCUT2D eigenvalue weighted by molar-refractivity contribution is 0.396. The van der Waals surface area contributed by atoms with Gasteiger partial charge in [-0.25, -0.2) is 4.98 Å². The van der Waals surface area contributed by atoms with Crippen molar-refractivity contribution < 1.29 is 4.74 Å². The number of aromatic nitrogens is 4. The summed E-state index contributed by atoms with van der Waals surface area (Å²) in [5, 5.41) is 4.39. The van der Waals surface area contributed by atoms with Gasteiger partial charge >= 0.3 is 0 Å². The van der Waals surface area contributed by atoms with Crippen molar-refractivity contribution in [3.05, 3.63) is 47.4 Å². The van der Waals surface area contributed by atoms with Crippen molar-refractivity contribution >= 4 is 11.6 Å². The van der Waals surface area contributed by atoms with Crippen molar-refractivity contribution in [1.29, 1.82) is 0 Å². The second-order valence-electron chi connectivity index (χ2n) is 7.10. The average Bonchev–Trinajstić information content (AvgIpc) is 3.11. The van der Waals surface area contributed by atoms with Crippen molar-refractivity contribution in [2.75, 3.05) is 25.1 Å². The molecule has 0 amide bonds. The smallest absolute Gasteiger partial charge is 0.254 e. The molecule has 0 radical (unpaired) electrons. The predicted octanol–water partition coefficient (Wildman–Crippen LogP) is 3.21. The largest absolute Gasteiger partial charge is 0.497 e. The second kappa shape index (κ2) is 6.94. The average molecular weight is 351 g/mol. The first-order valence-electron chi connectivity index (χ1n) is 9.20. The van der Waals surface area contributed by atoms with E-state index in [0.29, 0.717) is 11.7 Å². The van der Waals surface area contributed by atoms with Crippen LogP contribution in [0.25, 0.3) is 5.78 Å². The van der Waals surface area contributed by atoms with Gasteiger partial charge in [0.05, 0.1) is 7.11 Å². The molecule has 1 fully saturated rings. The Hall–Kier alpha value is -2.63. The Balaban J connectivity index is 1.49. The molecule has 0 aliphatic carbocycles. The van der Waals surface area contributed by atoms with Crippen molar-refractivity contribution in [3.8, 4) is 5.75 Å². The fourth-order valence-electron chi connectivity index (χ4n) is 3.87. The van der Waals surface area contributed by atoms with Crippen LogP contribution in [0.5, 0.6) is 5.75 Å². The molecule has 26 heavy (non-hydrogen) atoms. The molecule has 1 aromatic carbocycles. The molecule has 0 atom stereocenters.